The molecule has 0 spiro atoms. The number of hydrogen-bond donors (Lipinski definition) is 2. The molecule has 3 rings (SSSR count). The minimum Gasteiger partial charge on any atom is -0.506 e. The molecule has 0 saturated carbocycles. The fourth-order valence-electron chi connectivity index (χ4n) is 3.56. The Morgan fingerprint density at radius 1 is 1.29 bits per heavy atom. The molecule has 0 radical (unpaired) electrons. The van der Waals surface area contributed by atoms with Gasteiger partial charge in [0.1, 0.15) is 30.5 Å². The van der Waals surface area contributed by atoms with E-state index in [-0.39, 0.29) is 12.3 Å². The molecule has 0 unspecified atom stereocenters. The molecule has 12 heteroatoms. The predicted octanol–water partition coefficient (Wildman–Crippen LogP) is 3.48. The van der Waals surface area contributed by atoms with Crippen molar-refractivity contribution < 1.29 is 27.4 Å². The van der Waals surface area contributed by atoms with E-state index in [1.165, 1.54) is 18.3 Å². The summed E-state index contributed by atoms with van der Waals surface area (Å²) in [5.74, 6) is -1.17. The second-order valence-corrected chi connectivity index (χ2v) is 17.3. The third-order valence-electron chi connectivity index (χ3n) is 5.54. The normalized spacial score (nSPS) is 15.9. The van der Waals surface area contributed by atoms with Crippen LogP contribution in [0.1, 0.15) is 26.1 Å². The molecule has 1 aliphatic rings. The molecule has 1 fully saturated rings. The van der Waals surface area contributed by atoms with Gasteiger partial charge in [0, 0.05) is 26.7 Å². The quantitative estimate of drug-likeness (QED) is 0.372. The number of hydrogen-bond acceptors (Lipinski definition) is 6. The zero-order chi connectivity index (χ0) is 25.3. The summed E-state index contributed by atoms with van der Waals surface area (Å²) in [6, 6.07) is 3.56. The number of aromatic nitrogens is 2. The fourth-order valence-corrected chi connectivity index (χ4v) is 5.48. The van der Waals surface area contributed by atoms with Crippen molar-refractivity contribution in [2.75, 3.05) is 17.5 Å². The molecule has 2 N–H and O–H groups in total. The lowest BCUT2D eigenvalue weighted by atomic mass is 10.1. The number of phenolic OH excluding ortho intramolecular Hbond substituents is 1. The Balaban J connectivity index is 2.00. The molecule has 1 aromatic heterocycles. The van der Waals surface area contributed by atoms with Crippen LogP contribution in [0.25, 0.3) is 11.3 Å². The van der Waals surface area contributed by atoms with Crippen LogP contribution in [0.2, 0.25) is 25.7 Å². The Morgan fingerprint density at radius 2 is 2.00 bits per heavy atom. The molecular formula is C22H33FN4O5SSi. The Labute approximate surface area is 201 Å². The third-order valence-corrected chi connectivity index (χ3v) is 8.62. The Kier molecular flexibility index (Phi) is 7.73. The largest absolute Gasteiger partial charge is 0.506 e. The number of aryl methyl sites for hydroxylation is 1. The van der Waals surface area contributed by atoms with E-state index < -0.39 is 48.0 Å². The Hall–Kier alpha value is -2.44. The predicted molar refractivity (Wildman–Crippen MR) is 131 cm³/mol. The molecule has 34 heavy (non-hydrogen) atoms. The minimum atomic E-state index is -4.30. The summed E-state index contributed by atoms with van der Waals surface area (Å²) >= 11 is 0. The van der Waals surface area contributed by atoms with E-state index in [1.54, 1.807) is 9.29 Å². The van der Waals surface area contributed by atoms with Crippen LogP contribution in [0.4, 0.5) is 10.1 Å². The van der Waals surface area contributed by atoms with Crippen LogP contribution in [0.3, 0.4) is 0 Å². The van der Waals surface area contributed by atoms with Gasteiger partial charge in [-0.15, -0.1) is 0 Å². The van der Waals surface area contributed by atoms with Crippen molar-refractivity contribution in [1.82, 2.24) is 14.3 Å². The Bertz CT molecular complexity index is 1160. The van der Waals surface area contributed by atoms with Crippen LogP contribution in [0, 0.1) is 11.7 Å². The number of ether oxygens (including phenoxy) is 1. The van der Waals surface area contributed by atoms with E-state index in [2.05, 4.69) is 38.5 Å². The van der Waals surface area contributed by atoms with E-state index in [9.17, 15) is 18.3 Å². The number of amides is 1. The molecule has 0 bridgehead atoms. The topological polar surface area (TPSA) is 114 Å². The van der Waals surface area contributed by atoms with E-state index >= 15 is 4.39 Å². The van der Waals surface area contributed by atoms with Crippen LogP contribution < -0.4 is 9.03 Å². The summed E-state index contributed by atoms with van der Waals surface area (Å²) < 4.78 is 50.3. The summed E-state index contributed by atoms with van der Waals surface area (Å²) in [5, 5.41) is 10.3. The van der Waals surface area contributed by atoms with Gasteiger partial charge in [0.05, 0.1) is 11.9 Å². The number of anilines is 1. The van der Waals surface area contributed by atoms with Gasteiger partial charge in [0.15, 0.2) is 5.82 Å². The molecule has 9 nitrogen and oxygen atoms in total. The first-order valence-corrected chi connectivity index (χ1v) is 16.4. The first-order chi connectivity index (χ1) is 15.8. The van der Waals surface area contributed by atoms with E-state index in [4.69, 9.17) is 4.74 Å². The highest BCUT2D eigenvalue weighted by Crippen LogP contribution is 2.39. The monoisotopic (exact) mass is 512 g/mol. The summed E-state index contributed by atoms with van der Waals surface area (Å²) in [6.07, 6.45) is 3.08. The van der Waals surface area contributed by atoms with E-state index in [0.29, 0.717) is 28.9 Å². The maximum Gasteiger partial charge on any atom is 0.326 e. The fraction of sp³-hybridized carbons (Fsp3) is 0.545. The summed E-state index contributed by atoms with van der Waals surface area (Å²) in [6.45, 7) is 11.1. The smallest absolute Gasteiger partial charge is 0.326 e. The maximum absolute atomic E-state index is 15.7. The molecule has 1 aliphatic heterocycles. The van der Waals surface area contributed by atoms with Crippen molar-refractivity contribution in [3.8, 4) is 17.0 Å². The number of carbonyl (C=O) groups excluding carboxylic acids is 1. The molecule has 1 amide bonds. The number of nitrogens with zero attached hydrogens (tertiary/aromatic N) is 3. The highest BCUT2D eigenvalue weighted by atomic mass is 32.2. The van der Waals surface area contributed by atoms with Crippen LogP contribution in [-0.2, 0) is 32.9 Å². The van der Waals surface area contributed by atoms with Gasteiger partial charge in [-0.3, -0.25) is 4.79 Å². The van der Waals surface area contributed by atoms with E-state index in [0.717, 1.165) is 18.3 Å². The number of imidazole rings is 1. The van der Waals surface area contributed by atoms with Crippen molar-refractivity contribution in [3.05, 3.63) is 30.0 Å². The highest BCUT2D eigenvalue weighted by Gasteiger charge is 2.38. The van der Waals surface area contributed by atoms with Crippen molar-refractivity contribution in [2.45, 2.75) is 59.1 Å². The van der Waals surface area contributed by atoms with Gasteiger partial charge in [-0.1, -0.05) is 33.5 Å². The van der Waals surface area contributed by atoms with Gasteiger partial charge >= 0.3 is 10.2 Å². The average Bonchev–Trinajstić information content (AvgIpc) is 3.22. The zero-order valence-corrected chi connectivity index (χ0v) is 22.1. The minimum absolute atomic E-state index is 0.0550. The average molecular weight is 513 g/mol. The first kappa shape index (κ1) is 26.2. The number of nitrogens with one attached hydrogen (secondary N) is 1. The van der Waals surface area contributed by atoms with Crippen LogP contribution >= 0.6 is 0 Å². The number of carbonyl (C=O) groups is 1. The molecule has 0 atom stereocenters. The first-order valence-electron chi connectivity index (χ1n) is 11.3. The van der Waals surface area contributed by atoms with Crippen LogP contribution in [-0.4, -0.2) is 50.2 Å². The molecule has 1 aromatic carbocycles. The molecule has 2 aromatic rings. The summed E-state index contributed by atoms with van der Waals surface area (Å²) in [7, 11) is -5.59. The van der Waals surface area contributed by atoms with Crippen molar-refractivity contribution >= 4 is 29.9 Å². The summed E-state index contributed by atoms with van der Waals surface area (Å²) in [4.78, 5) is 16.1. The van der Waals surface area contributed by atoms with Gasteiger partial charge in [-0.2, -0.15) is 8.42 Å². The van der Waals surface area contributed by atoms with Crippen molar-refractivity contribution in [1.29, 1.82) is 0 Å². The van der Waals surface area contributed by atoms with Gasteiger partial charge in [-0.25, -0.2) is 18.4 Å². The van der Waals surface area contributed by atoms with Gasteiger partial charge in [0.2, 0.25) is 0 Å². The maximum atomic E-state index is 15.7. The molecule has 188 valence electrons. The number of halogens is 1. The molecule has 2 heterocycles. The number of phenols is 1. The van der Waals surface area contributed by atoms with Crippen molar-refractivity contribution in [3.63, 3.8) is 0 Å². The standard InChI is InChI=1S/C22H33FN4O5SSi/c1-15(2)6-9-19-24-12-17(26(19)14-32-10-11-34(3,4)5)16-7-8-18(28)22(21(16)23)27-13-20(29)25-33(27,30)31/h7-8,12,15,28H,6,9-11,13-14H2,1-5H3,(H,25,29). The van der Waals surface area contributed by atoms with Gasteiger partial charge in [-0.05, 0) is 30.5 Å². The molecular weight excluding hydrogens is 479 g/mol. The van der Waals surface area contributed by atoms with Crippen molar-refractivity contribution in [2.24, 2.45) is 5.92 Å². The van der Waals surface area contributed by atoms with Crippen LogP contribution in [0.15, 0.2) is 18.3 Å². The summed E-state index contributed by atoms with van der Waals surface area (Å²) in [5.41, 5.74) is -0.118. The zero-order valence-electron chi connectivity index (χ0n) is 20.3. The SMILES string of the molecule is CC(C)CCc1ncc(-c2ccc(O)c(N3CC(=O)NS3(=O)=O)c2F)n1COCC[Si](C)(C)C. The molecule has 0 aliphatic carbocycles. The van der Waals surface area contributed by atoms with E-state index in [1.807, 2.05) is 0 Å². The number of benzene rings is 1. The lowest BCUT2D eigenvalue weighted by Crippen LogP contribution is -2.30. The lowest BCUT2D eigenvalue weighted by molar-refractivity contribution is -0.117. The second-order valence-electron chi connectivity index (χ2n) is 10.1. The third kappa shape index (κ3) is 5.97. The number of rotatable bonds is 10. The molecule has 1 saturated heterocycles. The van der Waals surface area contributed by atoms with Gasteiger partial charge in [0.25, 0.3) is 5.91 Å². The highest BCUT2D eigenvalue weighted by molar-refractivity contribution is 7.92. The van der Waals surface area contributed by atoms with Crippen LogP contribution in [0.5, 0.6) is 5.75 Å². The Morgan fingerprint density at radius 3 is 2.59 bits per heavy atom. The van der Waals surface area contributed by atoms with Gasteiger partial charge < -0.3 is 14.4 Å². The lowest BCUT2D eigenvalue weighted by Gasteiger charge is -2.20. The second kappa shape index (κ2) is 10.0. The number of aromatic hydroxyl groups is 1.